The van der Waals surface area contributed by atoms with Gasteiger partial charge in [0.05, 0.1) is 5.69 Å². The van der Waals surface area contributed by atoms with Crippen molar-refractivity contribution < 1.29 is 4.39 Å². The molecule has 1 saturated carbocycles. The zero-order chi connectivity index (χ0) is 14.6. The van der Waals surface area contributed by atoms with Crippen LogP contribution in [0.15, 0.2) is 24.3 Å². The smallest absolute Gasteiger partial charge is 0.146 e. The molecule has 0 aliphatic heterocycles. The lowest BCUT2D eigenvalue weighted by molar-refractivity contribution is 0.161. The van der Waals surface area contributed by atoms with Gasteiger partial charge in [0.25, 0.3) is 0 Å². The minimum Gasteiger partial charge on any atom is -0.372 e. The summed E-state index contributed by atoms with van der Waals surface area (Å²) < 4.78 is 13.9. The Morgan fingerprint density at radius 2 is 1.95 bits per heavy atom. The molecule has 0 saturated heterocycles. The molecule has 0 radical (unpaired) electrons. The summed E-state index contributed by atoms with van der Waals surface area (Å²) in [5.41, 5.74) is 0.986. The zero-order valence-electron chi connectivity index (χ0n) is 13.0. The quantitative estimate of drug-likeness (QED) is 0.884. The lowest BCUT2D eigenvalue weighted by atomic mass is 9.70. The average molecular weight is 278 g/mol. The second-order valence-electron chi connectivity index (χ2n) is 6.52. The summed E-state index contributed by atoms with van der Waals surface area (Å²) in [6, 6.07) is 7.06. The second-order valence-corrected chi connectivity index (χ2v) is 6.52. The Balaban J connectivity index is 2.10. The van der Waals surface area contributed by atoms with Crippen molar-refractivity contribution in [3.63, 3.8) is 0 Å². The summed E-state index contributed by atoms with van der Waals surface area (Å²) in [5, 5.41) is 3.34. The molecule has 1 aliphatic carbocycles. The Morgan fingerprint density at radius 1 is 1.30 bits per heavy atom. The van der Waals surface area contributed by atoms with Crippen molar-refractivity contribution >= 4 is 5.69 Å². The molecule has 3 heteroatoms. The van der Waals surface area contributed by atoms with Gasteiger partial charge in [-0.1, -0.05) is 31.9 Å². The van der Waals surface area contributed by atoms with Crippen LogP contribution in [-0.2, 0) is 0 Å². The third-order valence-electron chi connectivity index (χ3n) is 4.72. The molecule has 2 rings (SSSR count). The number of para-hydroxylation sites is 1. The summed E-state index contributed by atoms with van der Waals surface area (Å²) in [4.78, 5) is 2.09. The minimum absolute atomic E-state index is 0.126. The highest BCUT2D eigenvalue weighted by atomic mass is 19.1. The first-order valence-electron chi connectivity index (χ1n) is 7.66. The van der Waals surface area contributed by atoms with E-state index in [9.17, 15) is 4.39 Å². The summed E-state index contributed by atoms with van der Waals surface area (Å²) in [5.74, 6) is 0.706. The molecule has 0 amide bonds. The molecule has 0 spiro atoms. The number of hydrogen-bond acceptors (Lipinski definition) is 2. The topological polar surface area (TPSA) is 15.3 Å². The fourth-order valence-electron chi connectivity index (χ4n) is 3.49. The first-order valence-corrected chi connectivity index (χ1v) is 7.66. The van der Waals surface area contributed by atoms with Crippen LogP contribution in [0.1, 0.15) is 32.6 Å². The van der Waals surface area contributed by atoms with Gasteiger partial charge in [0, 0.05) is 25.6 Å². The molecule has 1 aromatic rings. The van der Waals surface area contributed by atoms with Crippen LogP contribution in [0.4, 0.5) is 10.1 Å². The van der Waals surface area contributed by atoms with E-state index in [0.29, 0.717) is 5.69 Å². The molecule has 0 bridgehead atoms. The Labute approximate surface area is 122 Å². The predicted octanol–water partition coefficient (Wildman–Crippen LogP) is 3.68. The van der Waals surface area contributed by atoms with Gasteiger partial charge in [-0.15, -0.1) is 0 Å². The average Bonchev–Trinajstić information content (AvgIpc) is 2.43. The summed E-state index contributed by atoms with van der Waals surface area (Å²) >= 11 is 0. The molecular weight excluding hydrogens is 251 g/mol. The number of nitrogens with one attached hydrogen (secondary N) is 1. The molecule has 0 aromatic heterocycles. The molecule has 1 fully saturated rings. The van der Waals surface area contributed by atoms with Crippen LogP contribution in [0.5, 0.6) is 0 Å². The molecule has 2 nitrogen and oxygen atoms in total. The number of benzene rings is 1. The highest BCUT2D eigenvalue weighted by Crippen LogP contribution is 2.39. The van der Waals surface area contributed by atoms with Gasteiger partial charge < -0.3 is 10.2 Å². The largest absolute Gasteiger partial charge is 0.372 e. The van der Waals surface area contributed by atoms with E-state index in [1.165, 1.54) is 25.7 Å². The van der Waals surface area contributed by atoms with E-state index in [1.807, 2.05) is 26.2 Å². The lowest BCUT2D eigenvalue weighted by Gasteiger charge is -2.42. The van der Waals surface area contributed by atoms with Crippen molar-refractivity contribution in [2.24, 2.45) is 11.3 Å². The van der Waals surface area contributed by atoms with E-state index in [0.717, 1.165) is 19.0 Å². The molecular formula is C17H27FN2. The monoisotopic (exact) mass is 278 g/mol. The number of halogens is 1. The molecule has 1 N–H and O–H groups in total. The molecule has 0 heterocycles. The van der Waals surface area contributed by atoms with Gasteiger partial charge in [0.2, 0.25) is 0 Å². The molecule has 112 valence electrons. The highest BCUT2D eigenvalue weighted by molar-refractivity contribution is 5.47. The zero-order valence-corrected chi connectivity index (χ0v) is 13.0. The molecule has 0 atom stereocenters. The predicted molar refractivity (Wildman–Crippen MR) is 83.7 cm³/mol. The Hall–Kier alpha value is -1.09. The maximum Gasteiger partial charge on any atom is 0.146 e. The third kappa shape index (κ3) is 3.51. The summed E-state index contributed by atoms with van der Waals surface area (Å²) in [6.07, 6.45) is 5.03. The van der Waals surface area contributed by atoms with Crippen LogP contribution in [0.25, 0.3) is 0 Å². The standard InChI is InChI=1S/C17H27FN2/c1-14-8-10-17(11-9-14,12-19-2)13-20(3)16-7-5-4-6-15(16)18/h4-7,14,19H,8-13H2,1-3H3. The number of anilines is 1. The van der Waals surface area contributed by atoms with E-state index >= 15 is 0 Å². The Kier molecular flexibility index (Phi) is 5.03. The first-order chi connectivity index (χ1) is 9.56. The van der Waals surface area contributed by atoms with Crippen molar-refractivity contribution in [1.82, 2.24) is 5.32 Å². The highest BCUT2D eigenvalue weighted by Gasteiger charge is 2.35. The van der Waals surface area contributed by atoms with Crippen molar-refractivity contribution in [3.05, 3.63) is 30.1 Å². The SMILES string of the molecule is CNCC1(CN(C)c2ccccc2F)CCC(C)CC1. The van der Waals surface area contributed by atoms with Crippen LogP contribution in [-0.4, -0.2) is 27.2 Å². The van der Waals surface area contributed by atoms with E-state index in [-0.39, 0.29) is 11.2 Å². The Bertz CT molecular complexity index is 425. The van der Waals surface area contributed by atoms with E-state index in [2.05, 4.69) is 17.1 Å². The van der Waals surface area contributed by atoms with Crippen molar-refractivity contribution in [2.45, 2.75) is 32.6 Å². The molecule has 0 unspecified atom stereocenters. The van der Waals surface area contributed by atoms with Crippen molar-refractivity contribution in [2.75, 3.05) is 32.1 Å². The van der Waals surface area contributed by atoms with Crippen LogP contribution in [0, 0.1) is 17.2 Å². The fourth-order valence-corrected chi connectivity index (χ4v) is 3.49. The second kappa shape index (κ2) is 6.57. The van der Waals surface area contributed by atoms with Crippen LogP contribution in [0.2, 0.25) is 0 Å². The van der Waals surface area contributed by atoms with Gasteiger partial charge in [-0.2, -0.15) is 0 Å². The normalized spacial score (nSPS) is 26.5. The van der Waals surface area contributed by atoms with Gasteiger partial charge in [-0.05, 0) is 37.9 Å². The Morgan fingerprint density at radius 3 is 2.55 bits per heavy atom. The van der Waals surface area contributed by atoms with Crippen LogP contribution < -0.4 is 10.2 Å². The van der Waals surface area contributed by atoms with Crippen LogP contribution >= 0.6 is 0 Å². The molecule has 1 aliphatic rings. The first kappa shape index (κ1) is 15.3. The maximum atomic E-state index is 13.9. The number of nitrogens with zero attached hydrogens (tertiary/aromatic N) is 1. The van der Waals surface area contributed by atoms with Crippen molar-refractivity contribution in [1.29, 1.82) is 0 Å². The van der Waals surface area contributed by atoms with Gasteiger partial charge in [0.15, 0.2) is 0 Å². The number of rotatable bonds is 5. The van der Waals surface area contributed by atoms with E-state index < -0.39 is 0 Å². The van der Waals surface area contributed by atoms with E-state index in [4.69, 9.17) is 0 Å². The lowest BCUT2D eigenvalue weighted by Crippen LogP contribution is -2.44. The summed E-state index contributed by atoms with van der Waals surface area (Å²) in [6.45, 7) is 4.27. The van der Waals surface area contributed by atoms with Gasteiger partial charge >= 0.3 is 0 Å². The number of hydrogen-bond donors (Lipinski definition) is 1. The van der Waals surface area contributed by atoms with Gasteiger partial charge in [-0.25, -0.2) is 4.39 Å². The van der Waals surface area contributed by atoms with Crippen LogP contribution in [0.3, 0.4) is 0 Å². The third-order valence-corrected chi connectivity index (χ3v) is 4.72. The van der Waals surface area contributed by atoms with E-state index in [1.54, 1.807) is 12.1 Å². The summed E-state index contributed by atoms with van der Waals surface area (Å²) in [7, 11) is 4.02. The van der Waals surface area contributed by atoms with Gasteiger partial charge in [0.1, 0.15) is 5.82 Å². The van der Waals surface area contributed by atoms with Gasteiger partial charge in [-0.3, -0.25) is 0 Å². The molecule has 1 aromatic carbocycles. The molecule has 20 heavy (non-hydrogen) atoms. The maximum absolute atomic E-state index is 13.9. The fraction of sp³-hybridized carbons (Fsp3) is 0.647. The van der Waals surface area contributed by atoms with Crippen molar-refractivity contribution in [3.8, 4) is 0 Å². The minimum atomic E-state index is -0.126.